The molecule has 3 aromatic heterocycles. The zero-order valence-electron chi connectivity index (χ0n) is 16.1. The Hall–Kier alpha value is -3.26. The molecule has 0 spiro atoms. The summed E-state index contributed by atoms with van der Waals surface area (Å²) in [5.74, 6) is -0.159. The van der Waals surface area contributed by atoms with E-state index in [-0.39, 0.29) is 17.8 Å². The minimum Gasteiger partial charge on any atom is -0.452 e. The van der Waals surface area contributed by atoms with Crippen molar-refractivity contribution in [2.45, 2.75) is 38.7 Å². The lowest BCUT2D eigenvalue weighted by atomic mass is 10.1. The SMILES string of the molecule is Nc1nc(COC(=O)c2cc(=O)c3ccccc3o2)nc2sc3c(c12)CCCCC3. The Kier molecular flexibility index (Phi) is 4.71. The van der Waals surface area contributed by atoms with E-state index in [1.165, 1.54) is 23.3 Å². The molecular formula is C22H19N3O4S. The van der Waals surface area contributed by atoms with Crippen LogP contribution in [0.15, 0.2) is 39.5 Å². The number of hydrogen-bond acceptors (Lipinski definition) is 8. The molecule has 0 amide bonds. The second kappa shape index (κ2) is 7.53. The summed E-state index contributed by atoms with van der Waals surface area (Å²) >= 11 is 1.64. The van der Waals surface area contributed by atoms with Gasteiger partial charge in [-0.2, -0.15) is 0 Å². The van der Waals surface area contributed by atoms with Gasteiger partial charge in [-0.15, -0.1) is 11.3 Å². The maximum atomic E-state index is 12.4. The summed E-state index contributed by atoms with van der Waals surface area (Å²) in [6.07, 6.45) is 5.59. The fraction of sp³-hybridized carbons (Fsp3) is 0.273. The van der Waals surface area contributed by atoms with Gasteiger partial charge in [-0.05, 0) is 43.4 Å². The van der Waals surface area contributed by atoms with Crippen LogP contribution in [0.4, 0.5) is 5.82 Å². The number of benzene rings is 1. The van der Waals surface area contributed by atoms with Crippen LogP contribution in [0.3, 0.4) is 0 Å². The number of nitrogen functional groups attached to an aromatic ring is 1. The molecule has 0 fully saturated rings. The Balaban J connectivity index is 1.40. The topological polar surface area (TPSA) is 108 Å². The first-order valence-corrected chi connectivity index (χ1v) is 10.7. The predicted molar refractivity (Wildman–Crippen MR) is 115 cm³/mol. The summed E-state index contributed by atoms with van der Waals surface area (Å²) in [5, 5.41) is 1.35. The molecule has 0 bridgehead atoms. The van der Waals surface area contributed by atoms with Gasteiger partial charge in [0.25, 0.3) is 0 Å². The molecule has 0 saturated heterocycles. The molecule has 0 aliphatic heterocycles. The molecule has 152 valence electrons. The van der Waals surface area contributed by atoms with Crippen LogP contribution in [-0.4, -0.2) is 15.9 Å². The molecule has 8 heteroatoms. The maximum absolute atomic E-state index is 12.4. The second-order valence-electron chi connectivity index (χ2n) is 7.32. The number of aromatic nitrogens is 2. The summed E-state index contributed by atoms with van der Waals surface area (Å²) in [5.41, 5.74) is 7.53. The summed E-state index contributed by atoms with van der Waals surface area (Å²) in [4.78, 5) is 35.7. The number of carbonyl (C=O) groups excluding carboxylic acids is 1. The van der Waals surface area contributed by atoms with E-state index < -0.39 is 5.97 Å². The highest BCUT2D eigenvalue weighted by molar-refractivity contribution is 7.19. The van der Waals surface area contributed by atoms with Gasteiger partial charge in [0.05, 0.1) is 10.8 Å². The van der Waals surface area contributed by atoms with Crippen molar-refractivity contribution in [2.24, 2.45) is 0 Å². The predicted octanol–water partition coefficient (Wildman–Crippen LogP) is 4.01. The Morgan fingerprint density at radius 1 is 1.17 bits per heavy atom. The van der Waals surface area contributed by atoms with Gasteiger partial charge in [0.15, 0.2) is 17.9 Å². The lowest BCUT2D eigenvalue weighted by molar-refractivity contribution is 0.0427. The van der Waals surface area contributed by atoms with E-state index in [4.69, 9.17) is 14.9 Å². The number of anilines is 1. The highest BCUT2D eigenvalue weighted by atomic mass is 32.1. The van der Waals surface area contributed by atoms with Crippen LogP contribution in [0.1, 0.15) is 46.1 Å². The highest BCUT2D eigenvalue weighted by Crippen LogP contribution is 2.37. The molecule has 2 N–H and O–H groups in total. The van der Waals surface area contributed by atoms with Crippen molar-refractivity contribution in [3.63, 3.8) is 0 Å². The summed E-state index contributed by atoms with van der Waals surface area (Å²) in [7, 11) is 0. The van der Waals surface area contributed by atoms with E-state index in [1.54, 1.807) is 35.6 Å². The Morgan fingerprint density at radius 2 is 2.00 bits per heavy atom. The van der Waals surface area contributed by atoms with Crippen molar-refractivity contribution in [2.75, 3.05) is 5.73 Å². The summed E-state index contributed by atoms with van der Waals surface area (Å²) < 4.78 is 10.8. The van der Waals surface area contributed by atoms with E-state index in [0.29, 0.717) is 22.6 Å². The number of para-hydroxylation sites is 1. The van der Waals surface area contributed by atoms with Gasteiger partial charge in [-0.1, -0.05) is 18.6 Å². The Morgan fingerprint density at radius 3 is 2.90 bits per heavy atom. The van der Waals surface area contributed by atoms with Gasteiger partial charge in [0, 0.05) is 10.9 Å². The number of nitrogens with zero attached hydrogens (tertiary/aromatic N) is 2. The first-order valence-electron chi connectivity index (χ1n) is 9.87. The lowest BCUT2D eigenvalue weighted by Crippen LogP contribution is -2.11. The molecule has 0 atom stereocenters. The van der Waals surface area contributed by atoms with Crippen LogP contribution in [-0.2, 0) is 24.2 Å². The molecule has 0 unspecified atom stereocenters. The fourth-order valence-corrected chi connectivity index (χ4v) is 5.17. The molecule has 0 saturated carbocycles. The largest absolute Gasteiger partial charge is 0.452 e. The number of nitrogens with two attached hydrogens (primary N) is 1. The first kappa shape index (κ1) is 18.7. The monoisotopic (exact) mass is 421 g/mol. The second-order valence-corrected chi connectivity index (χ2v) is 8.40. The van der Waals surface area contributed by atoms with E-state index in [0.717, 1.165) is 35.5 Å². The van der Waals surface area contributed by atoms with Crippen LogP contribution in [0.5, 0.6) is 0 Å². The lowest BCUT2D eigenvalue weighted by Gasteiger charge is -2.06. The maximum Gasteiger partial charge on any atom is 0.374 e. The summed E-state index contributed by atoms with van der Waals surface area (Å²) in [6.45, 7) is -0.155. The van der Waals surface area contributed by atoms with Crippen molar-refractivity contribution < 1.29 is 13.9 Å². The van der Waals surface area contributed by atoms with Crippen molar-refractivity contribution in [3.8, 4) is 0 Å². The minimum atomic E-state index is -0.748. The number of aryl methyl sites for hydroxylation is 2. The minimum absolute atomic E-state index is 0.155. The number of esters is 1. The quantitative estimate of drug-likeness (QED) is 0.393. The molecule has 4 aromatic rings. The normalized spacial score (nSPS) is 13.9. The molecule has 7 nitrogen and oxygen atoms in total. The Labute approximate surface area is 175 Å². The van der Waals surface area contributed by atoms with Crippen LogP contribution < -0.4 is 11.2 Å². The number of thiophene rings is 1. The molecule has 1 aliphatic carbocycles. The number of fused-ring (bicyclic) bond motifs is 4. The first-order chi connectivity index (χ1) is 14.6. The van der Waals surface area contributed by atoms with Crippen LogP contribution in [0.2, 0.25) is 0 Å². The van der Waals surface area contributed by atoms with Crippen LogP contribution in [0, 0.1) is 0 Å². The van der Waals surface area contributed by atoms with Gasteiger partial charge in [0.1, 0.15) is 16.2 Å². The summed E-state index contributed by atoms with van der Waals surface area (Å²) in [6, 6.07) is 7.88. The number of rotatable bonds is 3. The van der Waals surface area contributed by atoms with Crippen LogP contribution >= 0.6 is 11.3 Å². The fourth-order valence-electron chi connectivity index (χ4n) is 3.88. The van der Waals surface area contributed by atoms with E-state index in [2.05, 4.69) is 9.97 Å². The molecule has 1 aliphatic rings. The van der Waals surface area contributed by atoms with E-state index >= 15 is 0 Å². The zero-order valence-corrected chi connectivity index (χ0v) is 17.0. The van der Waals surface area contributed by atoms with E-state index in [9.17, 15) is 9.59 Å². The van der Waals surface area contributed by atoms with Gasteiger partial charge in [0.2, 0.25) is 5.76 Å². The standard InChI is InChI=1S/C22H19N3O4S/c23-20-19-13-7-2-1-3-9-17(13)30-21(19)25-18(24-20)11-28-22(27)16-10-14(26)12-6-4-5-8-15(12)29-16/h4-6,8,10H,1-3,7,9,11H2,(H2,23,24,25). The van der Waals surface area contributed by atoms with Crippen molar-refractivity contribution in [1.82, 2.24) is 9.97 Å². The molecule has 5 rings (SSSR count). The molecule has 30 heavy (non-hydrogen) atoms. The highest BCUT2D eigenvalue weighted by Gasteiger charge is 2.20. The number of hydrogen-bond donors (Lipinski definition) is 1. The van der Waals surface area contributed by atoms with Crippen molar-refractivity contribution in [1.29, 1.82) is 0 Å². The average molecular weight is 421 g/mol. The average Bonchev–Trinajstić information content (AvgIpc) is 2.94. The van der Waals surface area contributed by atoms with Crippen molar-refractivity contribution in [3.05, 3.63) is 62.6 Å². The van der Waals surface area contributed by atoms with Gasteiger partial charge in [-0.25, -0.2) is 14.8 Å². The smallest absolute Gasteiger partial charge is 0.374 e. The Bertz CT molecular complexity index is 1340. The third kappa shape index (κ3) is 3.33. The number of carbonyl (C=O) groups is 1. The van der Waals surface area contributed by atoms with E-state index in [1.807, 2.05) is 0 Å². The molecule has 0 radical (unpaired) electrons. The van der Waals surface area contributed by atoms with Gasteiger partial charge in [-0.3, -0.25) is 4.79 Å². The molecule has 3 heterocycles. The third-order valence-electron chi connectivity index (χ3n) is 5.31. The van der Waals surface area contributed by atoms with Crippen LogP contribution in [0.25, 0.3) is 21.2 Å². The third-order valence-corrected chi connectivity index (χ3v) is 6.49. The zero-order chi connectivity index (χ0) is 20.7. The molecular weight excluding hydrogens is 402 g/mol. The van der Waals surface area contributed by atoms with Gasteiger partial charge >= 0.3 is 5.97 Å². The number of ether oxygens (including phenoxy) is 1. The molecule has 1 aromatic carbocycles. The van der Waals surface area contributed by atoms with Crippen molar-refractivity contribution >= 4 is 44.3 Å². The van der Waals surface area contributed by atoms with Gasteiger partial charge < -0.3 is 14.9 Å².